The van der Waals surface area contributed by atoms with Crippen LogP contribution >= 0.6 is 0 Å². The Morgan fingerprint density at radius 2 is 0.975 bits per heavy atom. The molecule has 2 heterocycles. The van der Waals surface area contributed by atoms with Crippen LogP contribution in [0.25, 0.3) is 33.2 Å². The summed E-state index contributed by atoms with van der Waals surface area (Å²) < 4.78 is 10.8. The summed E-state index contributed by atoms with van der Waals surface area (Å²) >= 11 is 0. The highest BCUT2D eigenvalue weighted by atomic mass is 16.6. The van der Waals surface area contributed by atoms with Gasteiger partial charge in [-0.05, 0) is 67.5 Å². The molecule has 2 aromatic heterocycles. The molecule has 0 aliphatic rings. The predicted octanol–water partition coefficient (Wildman–Crippen LogP) is 6.41. The Bertz CT molecular complexity index is 1440. The van der Waals surface area contributed by atoms with Crippen LogP contribution in [-0.2, 0) is 9.47 Å². The third kappa shape index (κ3) is 6.99. The highest BCUT2D eigenvalue weighted by Crippen LogP contribution is 2.32. The maximum absolute atomic E-state index is 12.5. The van der Waals surface area contributed by atoms with Crippen LogP contribution in [0, 0.1) is 0 Å². The fraction of sp³-hybridized carbons (Fsp3) is 0.400. The third-order valence-electron chi connectivity index (χ3n) is 5.71. The number of fused-ring (bicyclic) bond motifs is 2. The van der Waals surface area contributed by atoms with Gasteiger partial charge in [0.1, 0.15) is 22.6 Å². The molecule has 0 aliphatic carbocycles. The van der Waals surface area contributed by atoms with Crippen LogP contribution in [0.4, 0.5) is 9.59 Å². The van der Waals surface area contributed by atoms with Crippen molar-refractivity contribution < 1.29 is 19.1 Å². The molecule has 4 rings (SSSR count). The number of aromatic nitrogens is 4. The first-order valence-corrected chi connectivity index (χ1v) is 13.2. The second-order valence-corrected chi connectivity index (χ2v) is 11.6. The number of nitrogens with zero attached hydrogens (tertiary/aromatic N) is 4. The van der Waals surface area contributed by atoms with E-state index >= 15 is 0 Å². The predicted molar refractivity (Wildman–Crippen MR) is 154 cm³/mol. The van der Waals surface area contributed by atoms with Gasteiger partial charge < -0.3 is 20.1 Å². The number of alkyl carbamates (subject to hydrolysis) is 2. The Morgan fingerprint density at radius 1 is 0.625 bits per heavy atom. The second-order valence-electron chi connectivity index (χ2n) is 11.6. The van der Waals surface area contributed by atoms with E-state index < -0.39 is 35.5 Å². The summed E-state index contributed by atoms with van der Waals surface area (Å²) in [4.78, 5) is 44.2. The van der Waals surface area contributed by atoms with E-state index in [2.05, 4.69) is 10.6 Å². The number of amides is 2. The highest BCUT2D eigenvalue weighted by Gasteiger charge is 2.24. The third-order valence-corrected chi connectivity index (χ3v) is 5.71. The van der Waals surface area contributed by atoms with E-state index in [1.165, 1.54) is 0 Å². The minimum absolute atomic E-state index is 0.406. The van der Waals surface area contributed by atoms with Gasteiger partial charge in [0.05, 0.1) is 23.1 Å². The lowest BCUT2D eigenvalue weighted by Gasteiger charge is -2.22. The average molecular weight is 545 g/mol. The molecule has 2 aromatic carbocycles. The zero-order valence-corrected chi connectivity index (χ0v) is 24.2. The van der Waals surface area contributed by atoms with Crippen LogP contribution in [0.5, 0.6) is 0 Å². The van der Waals surface area contributed by atoms with E-state index in [0.29, 0.717) is 34.1 Å². The number of rotatable bonds is 5. The maximum atomic E-state index is 12.5. The lowest BCUT2D eigenvalue weighted by molar-refractivity contribution is 0.0494. The lowest BCUT2D eigenvalue weighted by atomic mass is 10.1. The van der Waals surface area contributed by atoms with Gasteiger partial charge in [0.15, 0.2) is 11.6 Å². The Hall–Kier alpha value is -4.34. The summed E-state index contributed by atoms with van der Waals surface area (Å²) in [7, 11) is 0. The van der Waals surface area contributed by atoms with Gasteiger partial charge in [-0.1, -0.05) is 36.4 Å². The zero-order valence-electron chi connectivity index (χ0n) is 24.2. The quantitative estimate of drug-likeness (QED) is 0.295. The van der Waals surface area contributed by atoms with Crippen molar-refractivity contribution >= 4 is 34.0 Å². The van der Waals surface area contributed by atoms with Crippen LogP contribution < -0.4 is 10.6 Å². The molecule has 0 radical (unpaired) electrons. The first-order chi connectivity index (χ1) is 18.7. The lowest BCUT2D eigenvalue weighted by Crippen LogP contribution is -2.34. The maximum Gasteiger partial charge on any atom is 0.408 e. The fourth-order valence-electron chi connectivity index (χ4n) is 4.04. The van der Waals surface area contributed by atoms with E-state index in [9.17, 15) is 9.59 Å². The van der Waals surface area contributed by atoms with Gasteiger partial charge >= 0.3 is 12.2 Å². The molecule has 2 N–H and O–H groups in total. The number of hydrogen-bond acceptors (Lipinski definition) is 8. The van der Waals surface area contributed by atoms with Gasteiger partial charge in [0, 0.05) is 10.8 Å². The van der Waals surface area contributed by atoms with Crippen LogP contribution in [0.3, 0.4) is 0 Å². The van der Waals surface area contributed by atoms with E-state index in [1.807, 2.05) is 48.5 Å². The zero-order chi connectivity index (χ0) is 29.2. The Balaban J connectivity index is 1.81. The van der Waals surface area contributed by atoms with E-state index in [1.54, 1.807) is 55.4 Å². The molecule has 2 amide bonds. The minimum Gasteiger partial charge on any atom is -0.444 e. The molecule has 0 fully saturated rings. The molecule has 0 spiro atoms. The standard InChI is InChI=1S/C30H36N6O4/c1-17(31-27(37)39-29(3,4)5)25-33-21-15-11-9-13-19(21)23(35-25)24-20-14-10-12-16-22(20)34-26(36-24)18(2)32-28(38)40-30(6,7)8/h9-18H,1-8H3,(H,31,37)(H,32,38)/t17-,18-/m0/s1. The molecule has 40 heavy (non-hydrogen) atoms. The fourth-order valence-corrected chi connectivity index (χ4v) is 4.04. The molecular formula is C30H36N6O4. The molecule has 0 aliphatic heterocycles. The van der Waals surface area contributed by atoms with Gasteiger partial charge in [0.2, 0.25) is 0 Å². The summed E-state index contributed by atoms with van der Waals surface area (Å²) in [5.41, 5.74) is 1.29. The molecular weight excluding hydrogens is 508 g/mol. The molecule has 0 saturated carbocycles. The molecule has 0 unspecified atom stereocenters. The monoisotopic (exact) mass is 544 g/mol. The normalized spacial score (nSPS) is 13.5. The van der Waals surface area contributed by atoms with Crippen LogP contribution in [-0.4, -0.2) is 43.3 Å². The Kier molecular flexibility index (Phi) is 7.91. The van der Waals surface area contributed by atoms with E-state index in [0.717, 1.165) is 10.8 Å². The largest absolute Gasteiger partial charge is 0.444 e. The second kappa shape index (κ2) is 11.0. The first kappa shape index (κ1) is 28.7. The first-order valence-electron chi connectivity index (χ1n) is 13.2. The number of benzene rings is 2. The molecule has 10 nitrogen and oxygen atoms in total. The number of para-hydroxylation sites is 2. The van der Waals surface area contributed by atoms with Crippen LogP contribution in [0.2, 0.25) is 0 Å². The van der Waals surface area contributed by atoms with Crippen molar-refractivity contribution in [2.24, 2.45) is 0 Å². The summed E-state index contributed by atoms with van der Waals surface area (Å²) in [6.45, 7) is 14.4. The molecule has 2 atom stereocenters. The summed E-state index contributed by atoms with van der Waals surface area (Å²) in [5, 5.41) is 7.23. The number of hydrogen-bond donors (Lipinski definition) is 2. The Morgan fingerprint density at radius 3 is 1.32 bits per heavy atom. The van der Waals surface area contributed by atoms with Crippen molar-refractivity contribution in [1.82, 2.24) is 30.6 Å². The highest BCUT2D eigenvalue weighted by molar-refractivity contribution is 6.00. The van der Waals surface area contributed by atoms with Crippen molar-refractivity contribution in [2.45, 2.75) is 78.7 Å². The average Bonchev–Trinajstić information content (AvgIpc) is 2.85. The van der Waals surface area contributed by atoms with Crippen molar-refractivity contribution in [3.8, 4) is 11.4 Å². The van der Waals surface area contributed by atoms with Gasteiger partial charge in [-0.25, -0.2) is 29.5 Å². The number of carbonyl (C=O) groups excluding carboxylic acids is 2. The molecule has 10 heteroatoms. The molecule has 4 aromatic rings. The van der Waals surface area contributed by atoms with E-state index in [4.69, 9.17) is 29.4 Å². The Labute approximate surface area is 233 Å². The summed E-state index contributed by atoms with van der Waals surface area (Å²) in [6.07, 6.45) is -1.12. The van der Waals surface area contributed by atoms with Crippen molar-refractivity contribution in [3.05, 3.63) is 60.2 Å². The summed E-state index contributed by atoms with van der Waals surface area (Å²) in [5.74, 6) is 0.812. The molecule has 210 valence electrons. The minimum atomic E-state index is -0.639. The smallest absolute Gasteiger partial charge is 0.408 e. The van der Waals surface area contributed by atoms with Crippen molar-refractivity contribution in [3.63, 3.8) is 0 Å². The van der Waals surface area contributed by atoms with Crippen molar-refractivity contribution in [1.29, 1.82) is 0 Å². The number of carbonyl (C=O) groups is 2. The molecule has 0 saturated heterocycles. The van der Waals surface area contributed by atoms with Gasteiger partial charge in [-0.15, -0.1) is 0 Å². The van der Waals surface area contributed by atoms with Gasteiger partial charge in [-0.2, -0.15) is 0 Å². The summed E-state index contributed by atoms with van der Waals surface area (Å²) in [6, 6.07) is 14.2. The van der Waals surface area contributed by atoms with Crippen LogP contribution in [0.1, 0.15) is 79.1 Å². The van der Waals surface area contributed by atoms with Gasteiger partial charge in [0.25, 0.3) is 0 Å². The van der Waals surface area contributed by atoms with E-state index in [-0.39, 0.29) is 0 Å². The van der Waals surface area contributed by atoms with Gasteiger partial charge in [-0.3, -0.25) is 0 Å². The molecule has 0 bridgehead atoms. The SMILES string of the molecule is C[C@H](NC(=O)OC(C)(C)C)c1nc(-c2nc([C@H](C)NC(=O)OC(C)(C)C)nc3ccccc23)c2ccccc2n1. The number of nitrogens with one attached hydrogen (secondary N) is 2. The number of ether oxygens (including phenoxy) is 2. The van der Waals surface area contributed by atoms with Crippen molar-refractivity contribution in [2.75, 3.05) is 0 Å². The van der Waals surface area contributed by atoms with Crippen LogP contribution in [0.15, 0.2) is 48.5 Å². The topological polar surface area (TPSA) is 128 Å².